The molecule has 1 aliphatic rings. The average Bonchev–Trinajstić information content (AvgIpc) is 3.18. The summed E-state index contributed by atoms with van der Waals surface area (Å²) >= 11 is 6.10. The Morgan fingerprint density at radius 1 is 1.45 bits per heavy atom. The van der Waals surface area contributed by atoms with Gasteiger partial charge in [-0.15, -0.1) is 0 Å². The van der Waals surface area contributed by atoms with Gasteiger partial charge in [0.15, 0.2) is 0 Å². The Kier molecular flexibility index (Phi) is 4.59. The summed E-state index contributed by atoms with van der Waals surface area (Å²) in [4.78, 5) is 0.0743. The predicted molar refractivity (Wildman–Crippen MR) is 79.4 cm³/mol. The van der Waals surface area contributed by atoms with Gasteiger partial charge in [0.1, 0.15) is 4.90 Å². The first-order valence-electron chi connectivity index (χ1n) is 6.44. The molecule has 20 heavy (non-hydrogen) atoms. The van der Waals surface area contributed by atoms with Crippen molar-refractivity contribution in [3.05, 3.63) is 22.7 Å². The lowest BCUT2D eigenvalue weighted by molar-refractivity contribution is 0.177. The van der Waals surface area contributed by atoms with Gasteiger partial charge in [-0.25, -0.2) is 8.42 Å². The van der Waals surface area contributed by atoms with E-state index in [1.54, 1.807) is 20.1 Å². The minimum atomic E-state index is -3.64. The molecule has 0 aliphatic heterocycles. The molecule has 0 spiro atoms. The molecule has 5 nitrogen and oxygen atoms in total. The van der Waals surface area contributed by atoms with Crippen LogP contribution in [0.1, 0.15) is 18.4 Å². The van der Waals surface area contributed by atoms with Crippen LogP contribution in [0.15, 0.2) is 17.0 Å². The number of nitrogens with two attached hydrogens (primary N) is 1. The number of rotatable bonds is 6. The molecule has 0 unspecified atom stereocenters. The Morgan fingerprint density at radius 2 is 2.10 bits per heavy atom. The number of nitrogen functional groups attached to an aromatic ring is 1. The van der Waals surface area contributed by atoms with Crippen LogP contribution in [-0.4, -0.2) is 39.0 Å². The maximum absolute atomic E-state index is 12.7. The van der Waals surface area contributed by atoms with E-state index in [1.807, 2.05) is 0 Å². The summed E-state index contributed by atoms with van der Waals surface area (Å²) in [6.45, 7) is 2.48. The number of hydrogen-bond acceptors (Lipinski definition) is 4. The number of benzene rings is 1. The molecule has 0 heterocycles. The summed E-state index contributed by atoms with van der Waals surface area (Å²) < 4.78 is 31.9. The van der Waals surface area contributed by atoms with Crippen molar-refractivity contribution in [2.45, 2.75) is 30.7 Å². The number of aryl methyl sites for hydroxylation is 1. The molecule has 1 aromatic carbocycles. The number of nitrogens with zero attached hydrogens (tertiary/aromatic N) is 1. The van der Waals surface area contributed by atoms with Gasteiger partial charge in [-0.3, -0.25) is 0 Å². The second-order valence-corrected chi connectivity index (χ2v) is 7.25. The van der Waals surface area contributed by atoms with Gasteiger partial charge in [0.05, 0.1) is 11.6 Å². The Balaban J connectivity index is 2.39. The van der Waals surface area contributed by atoms with Crippen molar-refractivity contribution in [3.8, 4) is 0 Å². The zero-order valence-corrected chi connectivity index (χ0v) is 13.2. The van der Waals surface area contributed by atoms with E-state index in [2.05, 4.69) is 0 Å². The molecule has 0 aromatic heterocycles. The molecule has 0 saturated heterocycles. The largest absolute Gasteiger partial charge is 0.398 e. The quantitative estimate of drug-likeness (QED) is 0.815. The van der Waals surface area contributed by atoms with E-state index in [-0.39, 0.29) is 16.0 Å². The van der Waals surface area contributed by atoms with E-state index in [0.717, 1.165) is 18.4 Å². The fourth-order valence-electron chi connectivity index (χ4n) is 2.04. The molecule has 1 aromatic rings. The Morgan fingerprint density at radius 3 is 2.65 bits per heavy atom. The van der Waals surface area contributed by atoms with Gasteiger partial charge in [0.2, 0.25) is 10.0 Å². The first-order valence-corrected chi connectivity index (χ1v) is 8.26. The Bertz CT molecular complexity index is 600. The smallest absolute Gasteiger partial charge is 0.244 e. The van der Waals surface area contributed by atoms with Gasteiger partial charge in [-0.05, 0) is 37.5 Å². The molecule has 1 aliphatic carbocycles. The second kappa shape index (κ2) is 5.89. The van der Waals surface area contributed by atoms with Crippen LogP contribution in [0.5, 0.6) is 0 Å². The summed E-state index contributed by atoms with van der Waals surface area (Å²) in [5.74, 6) is 0. The van der Waals surface area contributed by atoms with Crippen molar-refractivity contribution in [2.75, 3.05) is 26.0 Å². The number of methoxy groups -OCH3 is 1. The topological polar surface area (TPSA) is 72.6 Å². The molecular formula is C13H19ClN2O3S. The minimum Gasteiger partial charge on any atom is -0.398 e. The van der Waals surface area contributed by atoms with Crippen LogP contribution in [0.25, 0.3) is 0 Å². The van der Waals surface area contributed by atoms with Crippen LogP contribution in [-0.2, 0) is 14.8 Å². The van der Waals surface area contributed by atoms with E-state index in [1.165, 1.54) is 10.4 Å². The lowest BCUT2D eigenvalue weighted by atomic mass is 10.2. The number of anilines is 1. The van der Waals surface area contributed by atoms with Crippen molar-refractivity contribution in [1.82, 2.24) is 4.31 Å². The molecule has 2 rings (SSSR count). The van der Waals surface area contributed by atoms with E-state index in [0.29, 0.717) is 18.8 Å². The van der Waals surface area contributed by atoms with Gasteiger partial charge >= 0.3 is 0 Å². The molecule has 2 N–H and O–H groups in total. The van der Waals surface area contributed by atoms with Crippen LogP contribution in [0.2, 0.25) is 5.02 Å². The van der Waals surface area contributed by atoms with Crippen LogP contribution >= 0.6 is 11.6 Å². The Labute approximate surface area is 124 Å². The summed E-state index contributed by atoms with van der Waals surface area (Å²) in [6.07, 6.45) is 1.75. The molecular weight excluding hydrogens is 300 g/mol. The van der Waals surface area contributed by atoms with Crippen molar-refractivity contribution >= 4 is 27.3 Å². The molecule has 0 atom stereocenters. The number of halogens is 1. The normalized spacial score (nSPS) is 15.8. The van der Waals surface area contributed by atoms with Gasteiger partial charge < -0.3 is 10.5 Å². The molecule has 1 fully saturated rings. The van der Waals surface area contributed by atoms with Crippen LogP contribution in [0.3, 0.4) is 0 Å². The van der Waals surface area contributed by atoms with Gasteiger partial charge in [0.25, 0.3) is 0 Å². The number of sulfonamides is 1. The lowest BCUT2D eigenvalue weighted by Crippen LogP contribution is -2.36. The first-order chi connectivity index (χ1) is 9.37. The lowest BCUT2D eigenvalue weighted by Gasteiger charge is -2.22. The van der Waals surface area contributed by atoms with Crippen LogP contribution in [0.4, 0.5) is 5.69 Å². The third-order valence-electron chi connectivity index (χ3n) is 3.38. The van der Waals surface area contributed by atoms with Crippen molar-refractivity contribution < 1.29 is 13.2 Å². The van der Waals surface area contributed by atoms with Crippen molar-refractivity contribution in [1.29, 1.82) is 0 Å². The third-order valence-corrected chi connectivity index (χ3v) is 5.79. The summed E-state index contributed by atoms with van der Waals surface area (Å²) in [6, 6.07) is 3.08. The highest BCUT2D eigenvalue weighted by molar-refractivity contribution is 7.89. The summed E-state index contributed by atoms with van der Waals surface area (Å²) in [5, 5.41) is 0.208. The maximum Gasteiger partial charge on any atom is 0.244 e. The van der Waals surface area contributed by atoms with Gasteiger partial charge in [-0.1, -0.05) is 11.6 Å². The zero-order chi connectivity index (χ0) is 14.9. The van der Waals surface area contributed by atoms with Crippen LogP contribution < -0.4 is 5.73 Å². The van der Waals surface area contributed by atoms with Crippen molar-refractivity contribution in [2.24, 2.45) is 0 Å². The Hall–Kier alpha value is -0.820. The first kappa shape index (κ1) is 15.6. The third kappa shape index (κ3) is 3.09. The molecule has 0 amide bonds. The van der Waals surface area contributed by atoms with Crippen LogP contribution in [0, 0.1) is 6.92 Å². The molecule has 0 bridgehead atoms. The van der Waals surface area contributed by atoms with E-state index < -0.39 is 10.0 Å². The number of ether oxygens (including phenoxy) is 1. The fraction of sp³-hybridized carbons (Fsp3) is 0.538. The molecule has 0 radical (unpaired) electrons. The minimum absolute atomic E-state index is 0.0498. The molecule has 112 valence electrons. The van der Waals surface area contributed by atoms with E-state index in [9.17, 15) is 8.42 Å². The monoisotopic (exact) mass is 318 g/mol. The second-order valence-electron chi connectivity index (χ2n) is 4.98. The molecule has 7 heteroatoms. The van der Waals surface area contributed by atoms with E-state index >= 15 is 0 Å². The highest BCUT2D eigenvalue weighted by atomic mass is 35.5. The standard InChI is InChI=1S/C13H19ClN2O3S/c1-9-7-11(14)13(8-12(9)15)20(17,18)16(5-6-19-2)10-3-4-10/h7-8,10H,3-6,15H2,1-2H3. The van der Waals surface area contributed by atoms with E-state index in [4.69, 9.17) is 22.1 Å². The highest BCUT2D eigenvalue weighted by Gasteiger charge is 2.38. The maximum atomic E-state index is 12.7. The highest BCUT2D eigenvalue weighted by Crippen LogP contribution is 2.35. The fourth-order valence-corrected chi connectivity index (χ4v) is 4.30. The van der Waals surface area contributed by atoms with Crippen molar-refractivity contribution in [3.63, 3.8) is 0 Å². The molecule has 1 saturated carbocycles. The zero-order valence-electron chi connectivity index (χ0n) is 11.6. The average molecular weight is 319 g/mol. The summed E-state index contributed by atoms with van der Waals surface area (Å²) in [5.41, 5.74) is 7.01. The number of hydrogen-bond donors (Lipinski definition) is 1. The van der Waals surface area contributed by atoms with Gasteiger partial charge in [-0.2, -0.15) is 4.31 Å². The van der Waals surface area contributed by atoms with Gasteiger partial charge in [0, 0.05) is 25.4 Å². The predicted octanol–water partition coefficient (Wildman–Crippen LogP) is 2.03. The summed E-state index contributed by atoms with van der Waals surface area (Å²) in [7, 11) is -2.09. The SMILES string of the molecule is COCCN(C1CC1)S(=O)(=O)c1cc(N)c(C)cc1Cl.